The van der Waals surface area contributed by atoms with Crippen molar-refractivity contribution < 1.29 is 37.3 Å². The number of carbonyl (C=O) groups is 2. The second-order valence-electron chi connectivity index (χ2n) is 14.7. The van der Waals surface area contributed by atoms with Crippen molar-refractivity contribution in [1.29, 1.82) is 0 Å². The van der Waals surface area contributed by atoms with Gasteiger partial charge in [-0.2, -0.15) is 4.31 Å². The van der Waals surface area contributed by atoms with E-state index in [1.807, 2.05) is 44.2 Å². The molecular formula is C37H52N4O8S. The molecule has 3 aliphatic heterocycles. The number of anilines is 1. The average molecular weight is 713 g/mol. The van der Waals surface area contributed by atoms with Crippen molar-refractivity contribution >= 4 is 33.9 Å². The minimum absolute atomic E-state index is 0.00446. The molecule has 5 rings (SSSR count). The lowest BCUT2D eigenvalue weighted by Crippen LogP contribution is -2.51. The molecule has 2 amide bonds. The molecule has 0 aromatic heterocycles. The van der Waals surface area contributed by atoms with Crippen molar-refractivity contribution in [1.82, 2.24) is 9.62 Å². The third-order valence-electron chi connectivity index (χ3n) is 9.58. The number of hydrogen-bond donors (Lipinski definition) is 3. The number of aliphatic imine (C=N–C) groups is 1. The fraction of sp³-hybridized carbons (Fsp3) is 0.595. The molecule has 12 nitrogen and oxygen atoms in total. The number of amides is 2. The summed E-state index contributed by atoms with van der Waals surface area (Å²) in [6, 6.07) is 13.1. The Morgan fingerprint density at radius 2 is 1.80 bits per heavy atom. The lowest BCUT2D eigenvalue weighted by Gasteiger charge is -2.31. The molecule has 50 heavy (non-hydrogen) atoms. The number of aliphatic hydroxyl groups excluding tert-OH is 1. The van der Waals surface area contributed by atoms with Crippen LogP contribution in [0.25, 0.3) is 0 Å². The highest BCUT2D eigenvalue weighted by molar-refractivity contribution is 7.89. The van der Waals surface area contributed by atoms with E-state index in [9.17, 15) is 23.1 Å². The first-order chi connectivity index (χ1) is 23.7. The average Bonchev–Trinajstić information content (AvgIpc) is 3.76. The summed E-state index contributed by atoms with van der Waals surface area (Å²) in [6.07, 6.45) is -0.283. The highest BCUT2D eigenvalue weighted by Crippen LogP contribution is 2.35. The summed E-state index contributed by atoms with van der Waals surface area (Å²) < 4.78 is 46.8. The summed E-state index contributed by atoms with van der Waals surface area (Å²) in [5, 5.41) is 17.3. The van der Waals surface area contributed by atoms with Gasteiger partial charge in [-0.1, -0.05) is 71.9 Å². The van der Waals surface area contributed by atoms with Crippen molar-refractivity contribution in [2.45, 2.75) is 95.8 Å². The van der Waals surface area contributed by atoms with Crippen molar-refractivity contribution in [3.63, 3.8) is 0 Å². The van der Waals surface area contributed by atoms with E-state index in [1.165, 1.54) is 16.4 Å². The number of rotatable bonds is 15. The summed E-state index contributed by atoms with van der Waals surface area (Å²) in [4.78, 5) is 30.9. The van der Waals surface area contributed by atoms with Crippen LogP contribution >= 0.6 is 0 Å². The zero-order chi connectivity index (χ0) is 36.2. The van der Waals surface area contributed by atoms with Gasteiger partial charge < -0.3 is 30.0 Å². The van der Waals surface area contributed by atoms with Gasteiger partial charge in [0.25, 0.3) is 0 Å². The molecular weight excluding hydrogens is 660 g/mol. The molecule has 13 heteroatoms. The normalized spacial score (nSPS) is 23.2. The zero-order valence-corrected chi connectivity index (χ0v) is 30.6. The lowest BCUT2D eigenvalue weighted by molar-refractivity contribution is -0.115. The number of alkyl carbamates (subject to hydrolysis) is 1. The molecule has 0 radical (unpaired) electrons. The Balaban J connectivity index is 1.37. The number of fused-ring (bicyclic) bond motifs is 2. The van der Waals surface area contributed by atoms with Crippen LogP contribution in [0.3, 0.4) is 0 Å². The van der Waals surface area contributed by atoms with Crippen LogP contribution in [0.1, 0.15) is 65.0 Å². The molecule has 6 atom stereocenters. The van der Waals surface area contributed by atoms with E-state index in [2.05, 4.69) is 38.3 Å². The van der Waals surface area contributed by atoms with Gasteiger partial charge in [0.1, 0.15) is 12.0 Å². The summed E-state index contributed by atoms with van der Waals surface area (Å²) in [5.74, 6) is -0.586. The van der Waals surface area contributed by atoms with Crippen molar-refractivity contribution in [2.24, 2.45) is 28.7 Å². The molecule has 6 unspecified atom stereocenters. The van der Waals surface area contributed by atoms with Crippen LogP contribution in [-0.4, -0.2) is 92.9 Å². The van der Waals surface area contributed by atoms with Crippen LogP contribution in [0, 0.1) is 23.7 Å². The van der Waals surface area contributed by atoms with Crippen molar-refractivity contribution in [3.8, 4) is 0 Å². The smallest absolute Gasteiger partial charge is 0.407 e. The van der Waals surface area contributed by atoms with Crippen molar-refractivity contribution in [3.05, 3.63) is 59.7 Å². The quantitative estimate of drug-likeness (QED) is 0.227. The Labute approximate surface area is 296 Å². The second-order valence-corrected chi connectivity index (χ2v) is 16.6. The number of hydrogen-bond acceptors (Lipinski definition) is 9. The Bertz CT molecular complexity index is 1610. The molecule has 3 aliphatic rings. The number of carbonyl (C=O) groups excluding carboxylic acids is 2. The van der Waals surface area contributed by atoms with Crippen LogP contribution < -0.4 is 10.6 Å². The summed E-state index contributed by atoms with van der Waals surface area (Å²) in [7, 11) is -4.16. The minimum Gasteiger partial charge on any atom is -0.443 e. The van der Waals surface area contributed by atoms with Gasteiger partial charge in [-0.15, -0.1) is 0 Å². The van der Waals surface area contributed by atoms with E-state index < -0.39 is 40.3 Å². The molecule has 2 aromatic rings. The molecule has 0 saturated carbocycles. The highest BCUT2D eigenvalue weighted by atomic mass is 32.2. The molecule has 3 heterocycles. The monoisotopic (exact) mass is 712 g/mol. The highest BCUT2D eigenvalue weighted by Gasteiger charge is 2.44. The summed E-state index contributed by atoms with van der Waals surface area (Å²) in [6.45, 7) is 12.7. The maximum atomic E-state index is 14.3. The largest absolute Gasteiger partial charge is 0.443 e. The predicted octanol–water partition coefficient (Wildman–Crippen LogP) is 4.58. The topological polar surface area (TPSA) is 156 Å². The molecule has 2 saturated heterocycles. The number of ether oxygens (including phenoxy) is 3. The lowest BCUT2D eigenvalue weighted by atomic mass is 9.93. The first kappa shape index (κ1) is 37.9. The Kier molecular flexibility index (Phi) is 12.4. The van der Waals surface area contributed by atoms with Gasteiger partial charge in [0.2, 0.25) is 15.9 Å². The molecule has 0 spiro atoms. The van der Waals surface area contributed by atoms with Crippen LogP contribution in [-0.2, 0) is 35.4 Å². The number of aliphatic hydroxyl groups is 1. The third-order valence-corrected chi connectivity index (χ3v) is 11.4. The Morgan fingerprint density at radius 3 is 2.48 bits per heavy atom. The van der Waals surface area contributed by atoms with Crippen LogP contribution in [0.5, 0.6) is 0 Å². The van der Waals surface area contributed by atoms with E-state index in [0.717, 1.165) is 12.0 Å². The standard InChI is InChI=1S/C37H52N4O8S/c1-22(2)19-41(50(45,46)26-12-13-30-28(17-26)29(35(43)39-30)18-38-34(23(3)4)24(5)6)20-32(42)31(16-25-10-8-7-9-11-25)40-37(44)49-33-21-48-36-27(33)14-15-47-36/h7-13,17-18,22-24,27,29,31-34,36,42H,14-16,19-21H2,1-6H3,(H,39,43)(H,40,44). The van der Waals surface area contributed by atoms with Crippen LogP contribution in [0.4, 0.5) is 10.5 Å². The SMILES string of the molecule is CC(C)CN(CC(O)C(Cc1ccccc1)NC(=O)OC1COC2OCCC12)S(=O)(=O)c1ccc2c(c1)C(C=NC(C(C)C)C(C)C)C(=O)N2. The van der Waals surface area contributed by atoms with Gasteiger partial charge in [-0.05, 0) is 59.9 Å². The second kappa shape index (κ2) is 16.3. The van der Waals surface area contributed by atoms with Gasteiger partial charge in [-0.3, -0.25) is 9.79 Å². The van der Waals surface area contributed by atoms with E-state index in [4.69, 9.17) is 19.2 Å². The molecule has 0 bridgehead atoms. The maximum absolute atomic E-state index is 14.3. The van der Waals surface area contributed by atoms with Crippen LogP contribution in [0.15, 0.2) is 58.4 Å². The van der Waals surface area contributed by atoms with Gasteiger partial charge in [-0.25, -0.2) is 13.2 Å². The van der Waals surface area contributed by atoms with Gasteiger partial charge in [0.05, 0.1) is 42.2 Å². The van der Waals surface area contributed by atoms with Gasteiger partial charge >= 0.3 is 6.09 Å². The third kappa shape index (κ3) is 8.92. The van der Waals surface area contributed by atoms with E-state index in [1.54, 1.807) is 12.3 Å². The van der Waals surface area contributed by atoms with E-state index in [0.29, 0.717) is 17.9 Å². The number of sulfonamides is 1. The van der Waals surface area contributed by atoms with Gasteiger partial charge in [0.15, 0.2) is 6.29 Å². The van der Waals surface area contributed by atoms with Crippen LogP contribution in [0.2, 0.25) is 0 Å². The molecule has 274 valence electrons. The Hall–Kier alpha value is -3.36. The van der Waals surface area contributed by atoms with E-state index in [-0.39, 0.29) is 72.9 Å². The number of nitrogens with one attached hydrogen (secondary N) is 2. The first-order valence-corrected chi connectivity index (χ1v) is 19.1. The molecule has 3 N–H and O–H groups in total. The maximum Gasteiger partial charge on any atom is 0.407 e. The van der Waals surface area contributed by atoms with Gasteiger partial charge in [0, 0.05) is 25.0 Å². The fourth-order valence-corrected chi connectivity index (χ4v) is 8.71. The molecule has 0 aliphatic carbocycles. The zero-order valence-electron chi connectivity index (χ0n) is 29.8. The predicted molar refractivity (Wildman–Crippen MR) is 191 cm³/mol. The Morgan fingerprint density at radius 1 is 1.08 bits per heavy atom. The number of nitrogens with zero attached hydrogens (tertiary/aromatic N) is 2. The minimum atomic E-state index is -4.16. The molecule has 2 aromatic carbocycles. The van der Waals surface area contributed by atoms with Crippen molar-refractivity contribution in [2.75, 3.05) is 31.6 Å². The summed E-state index contributed by atoms with van der Waals surface area (Å²) >= 11 is 0. The number of benzene rings is 2. The summed E-state index contributed by atoms with van der Waals surface area (Å²) in [5.41, 5.74) is 1.93. The molecule has 2 fully saturated rings. The first-order valence-electron chi connectivity index (χ1n) is 17.6. The fourth-order valence-electron chi connectivity index (χ4n) is 7.06. The van der Waals surface area contributed by atoms with E-state index >= 15 is 0 Å².